The first kappa shape index (κ1) is 14.7. The third-order valence-electron chi connectivity index (χ3n) is 2.49. The number of nitrogens with zero attached hydrogens (tertiary/aromatic N) is 1. The number of methoxy groups -OCH3 is 1. The zero-order valence-corrected chi connectivity index (χ0v) is 12.6. The lowest BCUT2D eigenvalue weighted by molar-refractivity contribution is 0.102. The third-order valence-corrected chi connectivity index (χ3v) is 3.42. The number of aromatic nitrogens is 1. The SMILES string of the molecule is COc1cnccc1C(=O)Nc1c(Cl)cc(F)cc1Br. The topological polar surface area (TPSA) is 51.2 Å². The highest BCUT2D eigenvalue weighted by molar-refractivity contribution is 9.10. The highest BCUT2D eigenvalue weighted by atomic mass is 79.9. The van der Waals surface area contributed by atoms with Crippen LogP contribution in [0.2, 0.25) is 5.02 Å². The molecule has 20 heavy (non-hydrogen) atoms. The Kier molecular flexibility index (Phi) is 4.57. The van der Waals surface area contributed by atoms with Gasteiger partial charge in [-0.05, 0) is 34.1 Å². The summed E-state index contributed by atoms with van der Waals surface area (Å²) >= 11 is 9.06. The normalized spacial score (nSPS) is 10.2. The summed E-state index contributed by atoms with van der Waals surface area (Å²) in [5, 5.41) is 2.70. The minimum absolute atomic E-state index is 0.0956. The van der Waals surface area contributed by atoms with Crippen LogP contribution in [0.1, 0.15) is 10.4 Å². The molecule has 0 unspecified atom stereocenters. The average Bonchev–Trinajstić information content (AvgIpc) is 2.42. The van der Waals surface area contributed by atoms with Crippen LogP contribution >= 0.6 is 27.5 Å². The minimum atomic E-state index is -0.499. The monoisotopic (exact) mass is 358 g/mol. The van der Waals surface area contributed by atoms with E-state index in [1.807, 2.05) is 0 Å². The molecule has 2 aromatic rings. The van der Waals surface area contributed by atoms with E-state index in [0.717, 1.165) is 6.07 Å². The van der Waals surface area contributed by atoms with Crippen molar-refractivity contribution >= 4 is 39.1 Å². The molecule has 0 atom stereocenters. The van der Waals surface area contributed by atoms with Crippen LogP contribution in [0.3, 0.4) is 0 Å². The lowest BCUT2D eigenvalue weighted by atomic mass is 10.2. The quantitative estimate of drug-likeness (QED) is 0.904. The van der Waals surface area contributed by atoms with Gasteiger partial charge in [0.15, 0.2) is 0 Å². The van der Waals surface area contributed by atoms with Crippen molar-refractivity contribution < 1.29 is 13.9 Å². The van der Waals surface area contributed by atoms with E-state index in [9.17, 15) is 9.18 Å². The van der Waals surface area contributed by atoms with Gasteiger partial charge in [-0.3, -0.25) is 9.78 Å². The number of carbonyl (C=O) groups excluding carboxylic acids is 1. The number of carbonyl (C=O) groups is 1. The van der Waals surface area contributed by atoms with Crippen molar-refractivity contribution in [2.24, 2.45) is 0 Å². The fourth-order valence-corrected chi connectivity index (χ4v) is 2.47. The van der Waals surface area contributed by atoms with Gasteiger partial charge in [0.25, 0.3) is 5.91 Å². The van der Waals surface area contributed by atoms with Crippen LogP contribution in [0, 0.1) is 5.82 Å². The largest absolute Gasteiger partial charge is 0.494 e. The maximum atomic E-state index is 13.1. The van der Waals surface area contributed by atoms with Crippen molar-refractivity contribution in [2.75, 3.05) is 12.4 Å². The Morgan fingerprint density at radius 1 is 1.50 bits per heavy atom. The highest BCUT2D eigenvalue weighted by Crippen LogP contribution is 2.32. The zero-order chi connectivity index (χ0) is 14.7. The van der Waals surface area contributed by atoms with E-state index in [1.165, 1.54) is 31.6 Å². The average molecular weight is 360 g/mol. The molecule has 0 aliphatic rings. The number of benzene rings is 1. The molecule has 104 valence electrons. The summed E-state index contributed by atoms with van der Waals surface area (Å²) in [5.74, 6) is -0.598. The maximum absolute atomic E-state index is 13.1. The summed E-state index contributed by atoms with van der Waals surface area (Å²) in [6.45, 7) is 0. The Balaban J connectivity index is 2.33. The van der Waals surface area contributed by atoms with Crippen molar-refractivity contribution in [3.63, 3.8) is 0 Å². The number of ether oxygens (including phenoxy) is 1. The second-order valence-corrected chi connectivity index (χ2v) is 5.04. The molecule has 4 nitrogen and oxygen atoms in total. The fraction of sp³-hybridized carbons (Fsp3) is 0.0769. The standard InChI is InChI=1S/C13H9BrClFN2O2/c1-20-11-6-17-3-2-8(11)13(19)18-12-9(14)4-7(16)5-10(12)15/h2-6H,1H3,(H,18,19). The Morgan fingerprint density at radius 2 is 2.25 bits per heavy atom. The van der Waals surface area contributed by atoms with Gasteiger partial charge in [-0.25, -0.2) is 4.39 Å². The first-order valence-electron chi connectivity index (χ1n) is 5.47. The van der Waals surface area contributed by atoms with Gasteiger partial charge in [-0.1, -0.05) is 11.6 Å². The van der Waals surface area contributed by atoms with E-state index in [-0.39, 0.29) is 10.7 Å². The zero-order valence-electron chi connectivity index (χ0n) is 10.3. The smallest absolute Gasteiger partial charge is 0.259 e. The molecule has 0 saturated carbocycles. The van der Waals surface area contributed by atoms with E-state index >= 15 is 0 Å². The Hall–Kier alpha value is -1.66. The molecular weight excluding hydrogens is 351 g/mol. The first-order chi connectivity index (χ1) is 9.52. The minimum Gasteiger partial charge on any atom is -0.494 e. The van der Waals surface area contributed by atoms with Crippen LogP contribution in [-0.2, 0) is 0 Å². The lowest BCUT2D eigenvalue weighted by Gasteiger charge is -2.11. The Morgan fingerprint density at radius 3 is 2.90 bits per heavy atom. The van der Waals surface area contributed by atoms with Crippen molar-refractivity contribution in [2.45, 2.75) is 0 Å². The number of pyridine rings is 1. The van der Waals surface area contributed by atoms with E-state index in [4.69, 9.17) is 16.3 Å². The number of hydrogen-bond donors (Lipinski definition) is 1. The van der Waals surface area contributed by atoms with Gasteiger partial charge >= 0.3 is 0 Å². The van der Waals surface area contributed by atoms with E-state index in [1.54, 1.807) is 0 Å². The van der Waals surface area contributed by atoms with Gasteiger partial charge in [0.05, 0.1) is 29.6 Å². The molecule has 0 saturated heterocycles. The number of anilines is 1. The summed E-state index contributed by atoms with van der Waals surface area (Å²) < 4.78 is 18.5. The van der Waals surface area contributed by atoms with E-state index in [2.05, 4.69) is 26.2 Å². The molecule has 1 aromatic carbocycles. The number of amides is 1. The fourth-order valence-electron chi connectivity index (χ4n) is 1.57. The number of nitrogens with one attached hydrogen (secondary N) is 1. The van der Waals surface area contributed by atoms with Crippen LogP contribution in [0.5, 0.6) is 5.75 Å². The van der Waals surface area contributed by atoms with Gasteiger partial charge in [-0.2, -0.15) is 0 Å². The number of hydrogen-bond acceptors (Lipinski definition) is 3. The molecule has 0 aliphatic heterocycles. The van der Waals surface area contributed by atoms with E-state index < -0.39 is 11.7 Å². The predicted octanol–water partition coefficient (Wildman–Crippen LogP) is 3.90. The molecular formula is C13H9BrClFN2O2. The van der Waals surface area contributed by atoms with Gasteiger partial charge in [0.2, 0.25) is 0 Å². The molecule has 0 aliphatic carbocycles. The highest BCUT2D eigenvalue weighted by Gasteiger charge is 2.16. The predicted molar refractivity (Wildman–Crippen MR) is 77.9 cm³/mol. The van der Waals surface area contributed by atoms with Gasteiger partial charge in [0.1, 0.15) is 11.6 Å². The molecule has 7 heteroatoms. The van der Waals surface area contributed by atoms with Crippen molar-refractivity contribution in [3.05, 3.63) is 51.5 Å². The molecule has 0 spiro atoms. The second-order valence-electron chi connectivity index (χ2n) is 3.77. The number of halogens is 3. The molecule has 0 bridgehead atoms. The van der Waals surface area contributed by atoms with Crippen molar-refractivity contribution in [1.29, 1.82) is 0 Å². The lowest BCUT2D eigenvalue weighted by Crippen LogP contribution is -2.14. The second kappa shape index (κ2) is 6.19. The van der Waals surface area contributed by atoms with Crippen LogP contribution in [0.25, 0.3) is 0 Å². The van der Waals surface area contributed by atoms with Crippen LogP contribution in [-0.4, -0.2) is 18.0 Å². The van der Waals surface area contributed by atoms with Crippen LogP contribution in [0.4, 0.5) is 10.1 Å². The summed E-state index contributed by atoms with van der Waals surface area (Å²) in [6.07, 6.45) is 2.90. The van der Waals surface area contributed by atoms with Crippen molar-refractivity contribution in [1.82, 2.24) is 4.98 Å². The first-order valence-corrected chi connectivity index (χ1v) is 6.64. The summed E-state index contributed by atoms with van der Waals surface area (Å²) in [7, 11) is 1.44. The van der Waals surface area contributed by atoms with Gasteiger partial charge in [0, 0.05) is 10.7 Å². The molecule has 0 fully saturated rings. The summed E-state index contributed by atoms with van der Waals surface area (Å²) in [4.78, 5) is 16.1. The summed E-state index contributed by atoms with van der Waals surface area (Å²) in [5.41, 5.74) is 0.590. The van der Waals surface area contributed by atoms with Gasteiger partial charge < -0.3 is 10.1 Å². The summed E-state index contributed by atoms with van der Waals surface area (Å²) in [6, 6.07) is 3.84. The van der Waals surface area contributed by atoms with Crippen molar-refractivity contribution in [3.8, 4) is 5.75 Å². The molecule has 1 N–H and O–H groups in total. The molecule has 2 rings (SSSR count). The Bertz CT molecular complexity index is 644. The molecule has 1 heterocycles. The third kappa shape index (κ3) is 3.08. The molecule has 1 amide bonds. The maximum Gasteiger partial charge on any atom is 0.259 e. The van der Waals surface area contributed by atoms with E-state index in [0.29, 0.717) is 15.8 Å². The number of rotatable bonds is 3. The van der Waals surface area contributed by atoms with Gasteiger partial charge in [-0.15, -0.1) is 0 Å². The molecule has 1 aromatic heterocycles. The van der Waals surface area contributed by atoms with Crippen LogP contribution in [0.15, 0.2) is 35.1 Å². The molecule has 0 radical (unpaired) electrons. The Labute approximate surface area is 128 Å². The van der Waals surface area contributed by atoms with Crippen LogP contribution < -0.4 is 10.1 Å².